The molecular weight excluding hydrogens is 308 g/mol. The van der Waals surface area contributed by atoms with Crippen molar-refractivity contribution in [2.45, 2.75) is 6.92 Å². The number of nitrogens with zero attached hydrogens (tertiary/aromatic N) is 7. The third kappa shape index (κ3) is 2.47. The summed E-state index contributed by atoms with van der Waals surface area (Å²) in [6.07, 6.45) is 11.5. The Kier molecular flexibility index (Phi) is 3.23. The van der Waals surface area contributed by atoms with E-state index in [-0.39, 0.29) is 11.6 Å². The van der Waals surface area contributed by atoms with Crippen molar-refractivity contribution in [2.75, 3.05) is 5.32 Å². The normalized spacial score (nSPS) is 10.9. The molecule has 0 aromatic carbocycles. The largest absolute Gasteiger partial charge is 0.304 e. The number of hydrogen-bond donors (Lipinski definition) is 1. The molecule has 4 aromatic heterocycles. The van der Waals surface area contributed by atoms with E-state index < -0.39 is 0 Å². The Morgan fingerprint density at radius 1 is 1.21 bits per heavy atom. The number of carbonyl (C=O) groups is 1. The average molecular weight is 320 g/mol. The maximum absolute atomic E-state index is 12.5. The van der Waals surface area contributed by atoms with E-state index in [0.717, 1.165) is 5.69 Å². The van der Waals surface area contributed by atoms with Crippen LogP contribution < -0.4 is 5.32 Å². The van der Waals surface area contributed by atoms with Gasteiger partial charge in [0.2, 0.25) is 0 Å². The Morgan fingerprint density at radius 3 is 2.88 bits per heavy atom. The van der Waals surface area contributed by atoms with Gasteiger partial charge in [-0.15, -0.1) is 5.10 Å². The van der Waals surface area contributed by atoms with Crippen LogP contribution in [0.3, 0.4) is 0 Å². The molecule has 0 radical (unpaired) electrons. The number of carbonyl (C=O) groups excluding carboxylic acids is 1. The number of aryl methyl sites for hydroxylation is 1. The number of hydrogen-bond acceptors (Lipinski definition) is 6. The van der Waals surface area contributed by atoms with Gasteiger partial charge in [-0.05, 0) is 6.92 Å². The predicted molar refractivity (Wildman–Crippen MR) is 84.8 cm³/mol. The van der Waals surface area contributed by atoms with Crippen LogP contribution in [-0.2, 0) is 0 Å². The van der Waals surface area contributed by atoms with E-state index in [1.807, 2.05) is 13.1 Å². The van der Waals surface area contributed by atoms with Gasteiger partial charge in [-0.2, -0.15) is 0 Å². The summed E-state index contributed by atoms with van der Waals surface area (Å²) in [6.45, 7) is 1.86. The first-order chi connectivity index (χ1) is 11.7. The van der Waals surface area contributed by atoms with Gasteiger partial charge in [0.1, 0.15) is 12.0 Å². The highest BCUT2D eigenvalue weighted by Gasteiger charge is 2.15. The molecule has 0 aliphatic heterocycles. The highest BCUT2D eigenvalue weighted by atomic mass is 16.2. The minimum atomic E-state index is -0.374. The monoisotopic (exact) mass is 320 g/mol. The molecule has 9 nitrogen and oxygen atoms in total. The molecule has 1 N–H and O–H groups in total. The summed E-state index contributed by atoms with van der Waals surface area (Å²) in [5, 5.41) is 7.00. The summed E-state index contributed by atoms with van der Waals surface area (Å²) in [4.78, 5) is 28.8. The Bertz CT molecular complexity index is 1020. The van der Waals surface area contributed by atoms with Gasteiger partial charge < -0.3 is 9.72 Å². The van der Waals surface area contributed by atoms with E-state index in [0.29, 0.717) is 17.2 Å². The number of aromatic nitrogens is 7. The number of nitrogens with one attached hydrogen (secondary N) is 1. The molecule has 0 saturated heterocycles. The van der Waals surface area contributed by atoms with Gasteiger partial charge in [-0.3, -0.25) is 4.79 Å². The van der Waals surface area contributed by atoms with Gasteiger partial charge in [-0.25, -0.2) is 24.6 Å². The Hall–Kier alpha value is -3.62. The maximum Gasteiger partial charge on any atom is 0.279 e. The fourth-order valence-corrected chi connectivity index (χ4v) is 2.32. The van der Waals surface area contributed by atoms with Crippen LogP contribution in [0.15, 0.2) is 49.6 Å². The predicted octanol–water partition coefficient (Wildman–Crippen LogP) is 1.27. The van der Waals surface area contributed by atoms with Crippen molar-refractivity contribution in [1.82, 2.24) is 34.1 Å². The van der Waals surface area contributed by atoms with E-state index in [9.17, 15) is 4.79 Å². The standard InChI is InChI=1S/C15H12N8O/c1-10-8-22-5-3-18-13(14(22)19-10)15(24)20-12-2-4-23(21-12)11-6-16-9-17-7-11/h2-9H,1H3,(H,20,21,24). The van der Waals surface area contributed by atoms with E-state index in [1.165, 1.54) is 6.33 Å². The Morgan fingerprint density at radius 2 is 2.04 bits per heavy atom. The fraction of sp³-hybridized carbons (Fsp3) is 0.0667. The van der Waals surface area contributed by atoms with Crippen molar-refractivity contribution in [3.63, 3.8) is 0 Å². The first-order valence-electron chi connectivity index (χ1n) is 7.13. The lowest BCUT2D eigenvalue weighted by Gasteiger charge is -2.03. The topological polar surface area (TPSA) is 103 Å². The molecule has 0 spiro atoms. The summed E-state index contributed by atoms with van der Waals surface area (Å²) >= 11 is 0. The highest BCUT2D eigenvalue weighted by molar-refractivity contribution is 6.06. The molecular formula is C15H12N8O. The molecule has 4 rings (SSSR count). The zero-order valence-electron chi connectivity index (χ0n) is 12.7. The van der Waals surface area contributed by atoms with Crippen molar-refractivity contribution in [2.24, 2.45) is 0 Å². The molecule has 0 bridgehead atoms. The van der Waals surface area contributed by atoms with Crippen LogP contribution in [0.4, 0.5) is 5.82 Å². The summed E-state index contributed by atoms with van der Waals surface area (Å²) in [5.41, 5.74) is 2.25. The highest BCUT2D eigenvalue weighted by Crippen LogP contribution is 2.12. The lowest BCUT2D eigenvalue weighted by Crippen LogP contribution is -2.15. The minimum Gasteiger partial charge on any atom is -0.304 e. The van der Waals surface area contributed by atoms with E-state index in [4.69, 9.17) is 0 Å². The SMILES string of the molecule is Cc1cn2ccnc(C(=O)Nc3ccn(-c4cncnc4)n3)c2n1. The van der Waals surface area contributed by atoms with Crippen LogP contribution >= 0.6 is 0 Å². The summed E-state index contributed by atoms with van der Waals surface area (Å²) in [5.74, 6) is 0.0247. The third-order valence-electron chi connectivity index (χ3n) is 3.35. The van der Waals surface area contributed by atoms with Crippen LogP contribution in [0.25, 0.3) is 11.3 Å². The smallest absolute Gasteiger partial charge is 0.279 e. The van der Waals surface area contributed by atoms with Gasteiger partial charge in [0.25, 0.3) is 5.91 Å². The molecule has 0 aliphatic rings. The average Bonchev–Trinajstić information content (AvgIpc) is 3.20. The van der Waals surface area contributed by atoms with Crippen LogP contribution in [0.2, 0.25) is 0 Å². The van der Waals surface area contributed by atoms with Crippen molar-refractivity contribution in [3.8, 4) is 5.69 Å². The Balaban J connectivity index is 1.61. The lowest BCUT2D eigenvalue weighted by atomic mass is 10.4. The Labute approximate surface area is 136 Å². The van der Waals surface area contributed by atoms with Crippen molar-refractivity contribution < 1.29 is 4.79 Å². The van der Waals surface area contributed by atoms with Crippen LogP contribution in [0, 0.1) is 6.92 Å². The zero-order chi connectivity index (χ0) is 16.5. The molecule has 0 fully saturated rings. The molecule has 0 aliphatic carbocycles. The van der Waals surface area contributed by atoms with Crippen LogP contribution in [-0.4, -0.2) is 40.0 Å². The van der Waals surface area contributed by atoms with E-state index in [2.05, 4.69) is 30.4 Å². The molecule has 24 heavy (non-hydrogen) atoms. The number of fused-ring (bicyclic) bond motifs is 1. The van der Waals surface area contributed by atoms with Gasteiger partial charge in [0.05, 0.1) is 18.1 Å². The number of rotatable bonds is 3. The van der Waals surface area contributed by atoms with E-state index >= 15 is 0 Å². The second-order valence-electron chi connectivity index (χ2n) is 5.09. The molecule has 0 unspecified atom stereocenters. The van der Waals surface area contributed by atoms with Gasteiger partial charge >= 0.3 is 0 Å². The summed E-state index contributed by atoms with van der Waals surface area (Å²) in [6, 6.07) is 1.68. The first-order valence-corrected chi connectivity index (χ1v) is 7.13. The zero-order valence-corrected chi connectivity index (χ0v) is 12.7. The number of anilines is 1. The van der Waals surface area contributed by atoms with E-state index in [1.54, 1.807) is 46.1 Å². The van der Waals surface area contributed by atoms with Gasteiger partial charge in [-0.1, -0.05) is 0 Å². The maximum atomic E-state index is 12.5. The summed E-state index contributed by atoms with van der Waals surface area (Å²) < 4.78 is 3.33. The molecule has 0 atom stereocenters. The molecule has 4 heterocycles. The van der Waals surface area contributed by atoms with Crippen molar-refractivity contribution >= 4 is 17.4 Å². The number of amides is 1. The quantitative estimate of drug-likeness (QED) is 0.609. The first kappa shape index (κ1) is 14.0. The second kappa shape index (κ2) is 5.54. The van der Waals surface area contributed by atoms with Crippen LogP contribution in [0.5, 0.6) is 0 Å². The number of imidazole rings is 1. The molecule has 4 aromatic rings. The van der Waals surface area contributed by atoms with Crippen molar-refractivity contribution in [1.29, 1.82) is 0 Å². The second-order valence-corrected chi connectivity index (χ2v) is 5.09. The molecule has 0 saturated carbocycles. The van der Waals surface area contributed by atoms with Crippen LogP contribution in [0.1, 0.15) is 16.2 Å². The van der Waals surface area contributed by atoms with Gasteiger partial charge in [0, 0.05) is 30.9 Å². The molecule has 118 valence electrons. The molecule has 1 amide bonds. The lowest BCUT2D eigenvalue weighted by molar-refractivity contribution is 0.102. The molecule has 9 heteroatoms. The third-order valence-corrected chi connectivity index (χ3v) is 3.35. The minimum absolute atomic E-state index is 0.239. The fourth-order valence-electron chi connectivity index (χ4n) is 2.32. The van der Waals surface area contributed by atoms with Gasteiger partial charge in [0.15, 0.2) is 17.2 Å². The van der Waals surface area contributed by atoms with Crippen molar-refractivity contribution in [3.05, 3.63) is 61.0 Å². The summed E-state index contributed by atoms with van der Waals surface area (Å²) in [7, 11) is 0.